The van der Waals surface area contributed by atoms with Gasteiger partial charge in [-0.2, -0.15) is 0 Å². The summed E-state index contributed by atoms with van der Waals surface area (Å²) in [5, 5.41) is 10.3. The van der Waals surface area contributed by atoms with Crippen molar-refractivity contribution in [1.29, 1.82) is 0 Å². The Labute approximate surface area is 167 Å². The summed E-state index contributed by atoms with van der Waals surface area (Å²) < 4.78 is 12.4. The molecule has 1 fully saturated rings. The number of aliphatic hydroxyl groups excluding tert-OH is 1. The van der Waals surface area contributed by atoms with E-state index >= 15 is 0 Å². The van der Waals surface area contributed by atoms with Crippen molar-refractivity contribution in [3.63, 3.8) is 0 Å². The number of hydrogen-bond acceptors (Lipinski definition) is 5. The highest BCUT2D eigenvalue weighted by Gasteiger charge is 2.51. The molecule has 5 nitrogen and oxygen atoms in total. The molecule has 0 aromatic heterocycles. The minimum absolute atomic E-state index is 0.105. The molecule has 3 aliphatic rings. The zero-order chi connectivity index (χ0) is 20.5. The Hall–Kier alpha value is -1.89. The SMILES string of the molecule is CC(C)(C)C1=CC(O)N=C2c3ccc(B4OC(C)(C)C(C)(C)O4)cc3C=CN12. The fraction of sp³-hybridized carbons (Fsp3) is 0.500. The van der Waals surface area contributed by atoms with Crippen LogP contribution in [0.25, 0.3) is 6.08 Å². The summed E-state index contributed by atoms with van der Waals surface area (Å²) in [5.74, 6) is 0.776. The van der Waals surface area contributed by atoms with Crippen molar-refractivity contribution in [2.24, 2.45) is 10.4 Å². The third kappa shape index (κ3) is 3.04. The highest BCUT2D eigenvalue weighted by Crippen LogP contribution is 2.38. The highest BCUT2D eigenvalue weighted by atomic mass is 16.7. The van der Waals surface area contributed by atoms with Gasteiger partial charge in [0.15, 0.2) is 6.23 Å². The van der Waals surface area contributed by atoms with Crippen LogP contribution >= 0.6 is 0 Å². The average Bonchev–Trinajstić information content (AvgIpc) is 2.80. The summed E-state index contributed by atoms with van der Waals surface area (Å²) in [6.07, 6.45) is 5.10. The molecule has 3 heterocycles. The molecule has 0 spiro atoms. The molecule has 4 rings (SSSR count). The lowest BCUT2D eigenvalue weighted by atomic mass is 9.77. The van der Waals surface area contributed by atoms with Gasteiger partial charge in [0.2, 0.25) is 0 Å². The monoisotopic (exact) mass is 380 g/mol. The lowest BCUT2D eigenvalue weighted by Crippen LogP contribution is -2.41. The predicted molar refractivity (Wildman–Crippen MR) is 113 cm³/mol. The molecule has 0 bridgehead atoms. The molecule has 0 aliphatic carbocycles. The van der Waals surface area contributed by atoms with E-state index in [1.54, 1.807) is 0 Å². The number of aliphatic hydroxyl groups is 1. The lowest BCUT2D eigenvalue weighted by molar-refractivity contribution is 0.00578. The fourth-order valence-electron chi connectivity index (χ4n) is 3.73. The number of rotatable bonds is 1. The number of amidine groups is 1. The number of allylic oxidation sites excluding steroid dienone is 1. The fourth-order valence-corrected chi connectivity index (χ4v) is 3.73. The quantitative estimate of drug-likeness (QED) is 0.760. The maximum absolute atomic E-state index is 10.3. The average molecular weight is 380 g/mol. The Balaban J connectivity index is 1.70. The topological polar surface area (TPSA) is 54.3 Å². The second-order valence-electron chi connectivity index (χ2n) is 9.79. The number of aliphatic imine (C=N–C) groups is 1. The maximum atomic E-state index is 10.3. The van der Waals surface area contributed by atoms with Gasteiger partial charge < -0.3 is 19.3 Å². The number of fused-ring (bicyclic) bond motifs is 3. The van der Waals surface area contributed by atoms with Crippen molar-refractivity contribution in [1.82, 2.24) is 4.90 Å². The summed E-state index contributed by atoms with van der Waals surface area (Å²) >= 11 is 0. The van der Waals surface area contributed by atoms with E-state index in [1.165, 1.54) is 0 Å². The van der Waals surface area contributed by atoms with Crippen LogP contribution in [0.3, 0.4) is 0 Å². The third-order valence-electron chi connectivity index (χ3n) is 6.06. The molecule has 1 atom stereocenters. The van der Waals surface area contributed by atoms with Crippen LogP contribution in [0.1, 0.15) is 59.6 Å². The van der Waals surface area contributed by atoms with Crippen LogP contribution in [-0.2, 0) is 9.31 Å². The molecular weight excluding hydrogens is 351 g/mol. The largest absolute Gasteiger partial charge is 0.494 e. The number of benzene rings is 1. The molecule has 0 saturated carbocycles. The van der Waals surface area contributed by atoms with Crippen molar-refractivity contribution < 1.29 is 14.4 Å². The summed E-state index contributed by atoms with van der Waals surface area (Å²) in [6, 6.07) is 6.17. The van der Waals surface area contributed by atoms with E-state index in [0.717, 1.165) is 28.1 Å². The van der Waals surface area contributed by atoms with Gasteiger partial charge in [-0.1, -0.05) is 39.0 Å². The van der Waals surface area contributed by atoms with Crippen LogP contribution < -0.4 is 5.46 Å². The van der Waals surface area contributed by atoms with Crippen molar-refractivity contribution >= 4 is 24.5 Å². The maximum Gasteiger partial charge on any atom is 0.494 e. The second kappa shape index (κ2) is 6.05. The van der Waals surface area contributed by atoms with Gasteiger partial charge in [-0.05, 0) is 50.9 Å². The molecule has 1 aromatic rings. The van der Waals surface area contributed by atoms with E-state index in [9.17, 15) is 5.11 Å². The smallest absolute Gasteiger partial charge is 0.399 e. The molecular formula is C22H29BN2O3. The van der Waals surface area contributed by atoms with Gasteiger partial charge in [0, 0.05) is 22.9 Å². The Morgan fingerprint density at radius 3 is 2.36 bits per heavy atom. The normalized spacial score (nSPS) is 25.2. The van der Waals surface area contributed by atoms with Crippen molar-refractivity contribution in [3.05, 3.63) is 47.3 Å². The van der Waals surface area contributed by atoms with E-state index < -0.39 is 13.3 Å². The van der Waals surface area contributed by atoms with Crippen LogP contribution in [0, 0.1) is 5.41 Å². The third-order valence-corrected chi connectivity index (χ3v) is 6.06. The first-order valence-corrected chi connectivity index (χ1v) is 9.85. The van der Waals surface area contributed by atoms with Crippen molar-refractivity contribution in [2.75, 3.05) is 0 Å². The van der Waals surface area contributed by atoms with E-state index in [2.05, 4.69) is 70.5 Å². The first-order valence-electron chi connectivity index (χ1n) is 9.85. The summed E-state index contributed by atoms with van der Waals surface area (Å²) in [7, 11) is -0.398. The van der Waals surface area contributed by atoms with Crippen LogP contribution in [0.4, 0.5) is 0 Å². The van der Waals surface area contributed by atoms with E-state index in [1.807, 2.05) is 24.4 Å². The van der Waals surface area contributed by atoms with E-state index in [4.69, 9.17) is 9.31 Å². The van der Waals surface area contributed by atoms with Gasteiger partial charge in [0.05, 0.1) is 11.2 Å². The Kier molecular flexibility index (Phi) is 4.20. The van der Waals surface area contributed by atoms with Crippen molar-refractivity contribution in [2.45, 2.75) is 65.9 Å². The molecule has 6 heteroatoms. The van der Waals surface area contributed by atoms with Gasteiger partial charge >= 0.3 is 7.12 Å². The summed E-state index contributed by atoms with van der Waals surface area (Å²) in [6.45, 7) is 14.6. The first kappa shape index (κ1) is 19.4. The Morgan fingerprint density at radius 2 is 1.75 bits per heavy atom. The molecule has 3 aliphatic heterocycles. The van der Waals surface area contributed by atoms with Gasteiger partial charge in [-0.3, -0.25) is 0 Å². The zero-order valence-corrected chi connectivity index (χ0v) is 17.8. The lowest BCUT2D eigenvalue weighted by Gasteiger charge is -2.38. The molecule has 28 heavy (non-hydrogen) atoms. The van der Waals surface area contributed by atoms with Gasteiger partial charge in [-0.25, -0.2) is 4.99 Å². The Morgan fingerprint density at radius 1 is 1.11 bits per heavy atom. The molecule has 0 radical (unpaired) electrons. The predicted octanol–water partition coefficient (Wildman–Crippen LogP) is 3.28. The molecule has 148 valence electrons. The van der Waals surface area contributed by atoms with Gasteiger partial charge in [0.1, 0.15) is 5.84 Å². The zero-order valence-electron chi connectivity index (χ0n) is 17.8. The van der Waals surface area contributed by atoms with Gasteiger partial charge in [-0.15, -0.1) is 0 Å². The van der Waals surface area contributed by atoms with Gasteiger partial charge in [0.25, 0.3) is 0 Å². The highest BCUT2D eigenvalue weighted by molar-refractivity contribution is 6.62. The number of hydrogen-bond donors (Lipinski definition) is 1. The minimum atomic E-state index is -0.831. The van der Waals surface area contributed by atoms with E-state index in [0.29, 0.717) is 0 Å². The van der Waals surface area contributed by atoms with Crippen LogP contribution in [0.15, 0.2) is 41.2 Å². The molecule has 1 saturated heterocycles. The molecule has 1 aromatic carbocycles. The Bertz CT molecular complexity index is 893. The van der Waals surface area contributed by atoms with Crippen molar-refractivity contribution in [3.8, 4) is 0 Å². The van der Waals surface area contributed by atoms with Crippen LogP contribution in [-0.4, -0.2) is 40.4 Å². The minimum Gasteiger partial charge on any atom is -0.399 e. The second-order valence-corrected chi connectivity index (χ2v) is 9.79. The summed E-state index contributed by atoms with van der Waals surface area (Å²) in [5.41, 5.74) is 3.23. The first-order chi connectivity index (χ1) is 12.9. The van der Waals surface area contributed by atoms with E-state index in [-0.39, 0.29) is 16.6 Å². The summed E-state index contributed by atoms with van der Waals surface area (Å²) in [4.78, 5) is 6.56. The molecule has 0 amide bonds. The standard InChI is InChI=1S/C22H29BN2O3/c1-20(2,3)17-13-18(26)24-19-16-9-8-15(12-14(16)10-11-25(17)19)23-27-21(4,5)22(6,7)28-23/h8-13,18,26H,1-7H3. The molecule has 1 unspecified atom stereocenters. The number of nitrogens with zero attached hydrogens (tertiary/aromatic N) is 2. The van der Waals surface area contributed by atoms with Crippen LogP contribution in [0.5, 0.6) is 0 Å². The van der Waals surface area contributed by atoms with Crippen LogP contribution in [0.2, 0.25) is 0 Å². The molecule has 1 N–H and O–H groups in total.